The van der Waals surface area contributed by atoms with E-state index in [1.54, 1.807) is 31.2 Å². The van der Waals surface area contributed by atoms with E-state index in [1.807, 2.05) is 6.07 Å². The quantitative estimate of drug-likeness (QED) is 0.383. The standard InChI is InChI=1S/C23H26FNO3/c1-3-4-12-27-22-19-14-25(16-10-11-16)13-18(19)21(24)15(2)20(22)23(26)28-17-8-6-5-7-9-17/h5-9,16H,3-4,10-14H2,1-2H3. The lowest BCUT2D eigenvalue weighted by atomic mass is 9.98. The van der Waals surface area contributed by atoms with Gasteiger partial charge < -0.3 is 9.47 Å². The third kappa shape index (κ3) is 3.63. The summed E-state index contributed by atoms with van der Waals surface area (Å²) in [6, 6.07) is 9.39. The fourth-order valence-electron chi connectivity index (χ4n) is 3.79. The molecule has 0 atom stereocenters. The van der Waals surface area contributed by atoms with Crippen molar-refractivity contribution < 1.29 is 18.7 Å². The highest BCUT2D eigenvalue weighted by Crippen LogP contribution is 2.42. The highest BCUT2D eigenvalue weighted by molar-refractivity contribution is 5.96. The van der Waals surface area contributed by atoms with Crippen molar-refractivity contribution in [2.75, 3.05) is 6.61 Å². The van der Waals surface area contributed by atoms with Crippen molar-refractivity contribution in [3.8, 4) is 11.5 Å². The zero-order valence-corrected chi connectivity index (χ0v) is 16.5. The van der Waals surface area contributed by atoms with Gasteiger partial charge in [0.2, 0.25) is 0 Å². The summed E-state index contributed by atoms with van der Waals surface area (Å²) >= 11 is 0. The summed E-state index contributed by atoms with van der Waals surface area (Å²) in [6.45, 7) is 5.45. The summed E-state index contributed by atoms with van der Waals surface area (Å²) in [5.41, 5.74) is 2.01. The van der Waals surface area contributed by atoms with Gasteiger partial charge in [-0.2, -0.15) is 0 Å². The minimum atomic E-state index is -0.568. The van der Waals surface area contributed by atoms with E-state index in [-0.39, 0.29) is 11.4 Å². The lowest BCUT2D eigenvalue weighted by Crippen LogP contribution is -2.18. The number of halogens is 1. The molecule has 0 N–H and O–H groups in total. The number of rotatable bonds is 7. The lowest BCUT2D eigenvalue weighted by Gasteiger charge is -2.18. The Hall–Kier alpha value is -2.40. The largest absolute Gasteiger partial charge is 0.492 e. The van der Waals surface area contributed by atoms with Crippen LogP contribution in [0.3, 0.4) is 0 Å². The SMILES string of the molecule is CCCCOc1c2c(c(F)c(C)c1C(=O)Oc1ccccc1)CN(C1CC1)C2. The van der Waals surface area contributed by atoms with Crippen molar-refractivity contribution >= 4 is 5.97 Å². The van der Waals surface area contributed by atoms with E-state index in [0.29, 0.717) is 48.4 Å². The molecule has 0 bridgehead atoms. The Labute approximate surface area is 165 Å². The van der Waals surface area contributed by atoms with Crippen molar-refractivity contribution in [2.24, 2.45) is 0 Å². The lowest BCUT2D eigenvalue weighted by molar-refractivity contribution is 0.0728. The number of hydrogen-bond acceptors (Lipinski definition) is 4. The predicted octanol–water partition coefficient (Wildman–Crippen LogP) is 5.01. The smallest absolute Gasteiger partial charge is 0.347 e. The van der Waals surface area contributed by atoms with Gasteiger partial charge in [-0.3, -0.25) is 4.90 Å². The molecule has 2 aromatic rings. The monoisotopic (exact) mass is 383 g/mol. The van der Waals surface area contributed by atoms with E-state index in [2.05, 4.69) is 11.8 Å². The molecule has 0 spiro atoms. The topological polar surface area (TPSA) is 38.8 Å². The Balaban J connectivity index is 1.72. The fourth-order valence-corrected chi connectivity index (χ4v) is 3.79. The van der Waals surface area contributed by atoms with E-state index in [0.717, 1.165) is 31.2 Å². The Morgan fingerprint density at radius 2 is 1.89 bits per heavy atom. The number of hydrogen-bond donors (Lipinski definition) is 0. The fraction of sp³-hybridized carbons (Fsp3) is 0.435. The molecule has 4 nitrogen and oxygen atoms in total. The third-order valence-electron chi connectivity index (χ3n) is 5.52. The van der Waals surface area contributed by atoms with Crippen molar-refractivity contribution in [2.45, 2.75) is 58.7 Å². The first-order valence-corrected chi connectivity index (χ1v) is 10.1. The summed E-state index contributed by atoms with van der Waals surface area (Å²) in [6.07, 6.45) is 4.18. The van der Waals surface area contributed by atoms with Gasteiger partial charge in [0.15, 0.2) is 0 Å². The van der Waals surface area contributed by atoms with Gasteiger partial charge in [0.05, 0.1) is 6.61 Å². The Bertz CT molecular complexity index is 877. The summed E-state index contributed by atoms with van der Waals surface area (Å²) in [4.78, 5) is 15.3. The van der Waals surface area contributed by atoms with Crippen LogP contribution in [0.25, 0.3) is 0 Å². The second kappa shape index (κ2) is 7.92. The molecule has 148 valence electrons. The minimum absolute atomic E-state index is 0.217. The molecule has 0 aromatic heterocycles. The van der Waals surface area contributed by atoms with Crippen LogP contribution >= 0.6 is 0 Å². The van der Waals surface area contributed by atoms with Crippen LogP contribution in [0.15, 0.2) is 30.3 Å². The summed E-state index contributed by atoms with van der Waals surface area (Å²) < 4.78 is 26.8. The third-order valence-corrected chi connectivity index (χ3v) is 5.52. The molecule has 0 amide bonds. The maximum Gasteiger partial charge on any atom is 0.347 e. The van der Waals surface area contributed by atoms with E-state index >= 15 is 4.39 Å². The van der Waals surface area contributed by atoms with E-state index in [1.165, 1.54) is 0 Å². The van der Waals surface area contributed by atoms with Crippen molar-refractivity contribution in [3.63, 3.8) is 0 Å². The second-order valence-corrected chi connectivity index (χ2v) is 7.64. The van der Waals surface area contributed by atoms with Crippen LogP contribution in [0.2, 0.25) is 0 Å². The Kier molecular flexibility index (Phi) is 5.36. The molecule has 1 heterocycles. The molecule has 2 aliphatic rings. The molecule has 0 unspecified atom stereocenters. The normalized spacial score (nSPS) is 16.1. The van der Waals surface area contributed by atoms with Crippen LogP contribution in [0.5, 0.6) is 11.5 Å². The van der Waals surface area contributed by atoms with Gasteiger partial charge in [0.1, 0.15) is 22.9 Å². The first kappa shape index (κ1) is 18.9. The van der Waals surface area contributed by atoms with Crippen LogP contribution in [0.1, 0.15) is 59.7 Å². The van der Waals surface area contributed by atoms with Crippen LogP contribution < -0.4 is 9.47 Å². The number of para-hydroxylation sites is 1. The van der Waals surface area contributed by atoms with Crippen LogP contribution in [0.4, 0.5) is 4.39 Å². The van der Waals surface area contributed by atoms with E-state index in [9.17, 15) is 4.79 Å². The number of nitrogens with zero attached hydrogens (tertiary/aromatic N) is 1. The first-order valence-electron chi connectivity index (χ1n) is 10.1. The van der Waals surface area contributed by atoms with E-state index < -0.39 is 5.97 Å². The zero-order chi connectivity index (χ0) is 19.7. The molecule has 0 radical (unpaired) electrons. The number of fused-ring (bicyclic) bond motifs is 1. The Morgan fingerprint density at radius 1 is 1.18 bits per heavy atom. The van der Waals surface area contributed by atoms with Crippen LogP contribution in [-0.4, -0.2) is 23.5 Å². The van der Waals surface area contributed by atoms with Gasteiger partial charge in [-0.1, -0.05) is 31.5 Å². The van der Waals surface area contributed by atoms with Gasteiger partial charge in [-0.05, 0) is 38.3 Å². The molecular weight excluding hydrogens is 357 g/mol. The molecule has 5 heteroatoms. The molecule has 2 aromatic carbocycles. The highest BCUT2D eigenvalue weighted by Gasteiger charge is 2.38. The number of carbonyl (C=O) groups is 1. The molecule has 0 saturated heterocycles. The molecule has 4 rings (SSSR count). The molecular formula is C23H26FNO3. The maximum absolute atomic E-state index is 15.2. The van der Waals surface area contributed by atoms with Crippen molar-refractivity contribution in [3.05, 3.63) is 58.4 Å². The number of benzene rings is 2. The average Bonchev–Trinajstić information content (AvgIpc) is 3.45. The van der Waals surface area contributed by atoms with Crippen molar-refractivity contribution in [1.82, 2.24) is 4.90 Å². The molecule has 1 aliphatic carbocycles. The minimum Gasteiger partial charge on any atom is -0.492 e. The van der Waals surface area contributed by atoms with Crippen LogP contribution in [0, 0.1) is 12.7 Å². The Morgan fingerprint density at radius 3 is 2.57 bits per heavy atom. The zero-order valence-electron chi connectivity index (χ0n) is 16.5. The van der Waals surface area contributed by atoms with Gasteiger partial charge >= 0.3 is 5.97 Å². The predicted molar refractivity (Wildman–Crippen MR) is 105 cm³/mol. The van der Waals surface area contributed by atoms with Crippen LogP contribution in [-0.2, 0) is 13.1 Å². The van der Waals surface area contributed by atoms with Gasteiger partial charge in [-0.15, -0.1) is 0 Å². The summed E-state index contributed by atoms with van der Waals surface area (Å²) in [7, 11) is 0. The van der Waals surface area contributed by atoms with Gasteiger partial charge in [0.25, 0.3) is 0 Å². The number of esters is 1. The second-order valence-electron chi connectivity index (χ2n) is 7.64. The van der Waals surface area contributed by atoms with Gasteiger partial charge in [-0.25, -0.2) is 9.18 Å². The molecule has 1 aliphatic heterocycles. The summed E-state index contributed by atoms with van der Waals surface area (Å²) in [5.74, 6) is 0.0705. The average molecular weight is 383 g/mol. The van der Waals surface area contributed by atoms with Crippen molar-refractivity contribution in [1.29, 1.82) is 0 Å². The maximum atomic E-state index is 15.2. The highest BCUT2D eigenvalue weighted by atomic mass is 19.1. The number of ether oxygens (including phenoxy) is 2. The van der Waals surface area contributed by atoms with E-state index in [4.69, 9.17) is 9.47 Å². The first-order chi connectivity index (χ1) is 13.6. The molecule has 28 heavy (non-hydrogen) atoms. The number of unbranched alkanes of at least 4 members (excludes halogenated alkanes) is 1. The summed E-state index contributed by atoms with van der Waals surface area (Å²) in [5, 5.41) is 0. The number of carbonyl (C=O) groups excluding carboxylic acids is 1. The molecule has 1 saturated carbocycles. The molecule has 1 fully saturated rings. The van der Waals surface area contributed by atoms with Gasteiger partial charge in [0, 0.05) is 35.8 Å².